The van der Waals surface area contributed by atoms with Crippen LogP contribution in [-0.2, 0) is 16.0 Å². The fourth-order valence-corrected chi connectivity index (χ4v) is 2.43. The fraction of sp³-hybridized carbons (Fsp3) is 0.526. The van der Waals surface area contributed by atoms with Crippen LogP contribution in [0.3, 0.4) is 0 Å². The van der Waals surface area contributed by atoms with Gasteiger partial charge < -0.3 is 24.3 Å². The van der Waals surface area contributed by atoms with Gasteiger partial charge in [-0.3, -0.25) is 0 Å². The second-order valence-electron chi connectivity index (χ2n) is 6.55. The summed E-state index contributed by atoms with van der Waals surface area (Å²) >= 11 is 0. The lowest BCUT2D eigenvalue weighted by molar-refractivity contribution is -0.134. The van der Waals surface area contributed by atoms with Crippen molar-refractivity contribution in [1.82, 2.24) is 9.88 Å². The number of carboxylic acid groups (broad SMARTS) is 2. The third-order valence-corrected chi connectivity index (χ3v) is 3.52. The van der Waals surface area contributed by atoms with E-state index < -0.39 is 11.9 Å². The van der Waals surface area contributed by atoms with Gasteiger partial charge in [-0.1, -0.05) is 19.9 Å². The number of likely N-dealkylation sites (N-methyl/N-ethyl adjacent to an activating group) is 1. The second-order valence-corrected chi connectivity index (χ2v) is 6.55. The molecule has 2 N–H and O–H groups in total. The Hall–Kier alpha value is -2.61. The number of aliphatic carboxylic acids is 2. The van der Waals surface area contributed by atoms with E-state index in [1.807, 2.05) is 6.92 Å². The number of carboxylic acids is 2. The van der Waals surface area contributed by atoms with Gasteiger partial charge in [0.1, 0.15) is 5.69 Å². The Morgan fingerprint density at radius 2 is 1.96 bits per heavy atom. The molecule has 0 unspecified atom stereocenters. The summed E-state index contributed by atoms with van der Waals surface area (Å²) in [6.07, 6.45) is 5.28. The summed E-state index contributed by atoms with van der Waals surface area (Å²) in [4.78, 5) is 26.0. The number of ether oxygens (including phenoxy) is 1. The standard InChI is InChI=1S/C15H24N2O2.C4H4O4/c1-5-18-15-13(9-11(2)3)16-14(19-15)12-7-6-8-17(4)10-12;5-3(6)1-2-4(7)8/h7,11H,5-6,8-10H2,1-4H3;1-2H,(H,5,6)(H,7,8)/b;2-1-. The maximum absolute atomic E-state index is 9.55. The first-order valence-corrected chi connectivity index (χ1v) is 8.87. The Kier molecular flexibility index (Phi) is 9.29. The molecule has 1 aliphatic heterocycles. The van der Waals surface area contributed by atoms with Gasteiger partial charge in [0.25, 0.3) is 0 Å². The Labute approximate surface area is 159 Å². The van der Waals surface area contributed by atoms with Crippen molar-refractivity contribution in [2.45, 2.75) is 33.6 Å². The van der Waals surface area contributed by atoms with E-state index in [-0.39, 0.29) is 0 Å². The maximum atomic E-state index is 9.55. The van der Waals surface area contributed by atoms with Crippen LogP contribution in [0.1, 0.15) is 38.8 Å². The Morgan fingerprint density at radius 3 is 2.44 bits per heavy atom. The molecule has 0 saturated carbocycles. The molecule has 150 valence electrons. The molecule has 0 atom stereocenters. The normalized spacial score (nSPS) is 14.6. The predicted octanol–water partition coefficient (Wildman–Crippen LogP) is 2.70. The van der Waals surface area contributed by atoms with Crippen LogP contribution in [-0.4, -0.2) is 58.8 Å². The number of hydrogen-bond acceptors (Lipinski definition) is 6. The third-order valence-electron chi connectivity index (χ3n) is 3.52. The van der Waals surface area contributed by atoms with Crippen LogP contribution in [0.25, 0.3) is 5.57 Å². The molecular formula is C19H28N2O6. The largest absolute Gasteiger partial charge is 0.478 e. The molecule has 27 heavy (non-hydrogen) atoms. The van der Waals surface area contributed by atoms with Gasteiger partial charge in [0, 0.05) is 30.8 Å². The molecule has 1 aromatic rings. The highest BCUT2D eigenvalue weighted by Gasteiger charge is 2.20. The van der Waals surface area contributed by atoms with Crippen LogP contribution in [0.2, 0.25) is 0 Å². The molecule has 0 aliphatic carbocycles. The number of hydrogen-bond donors (Lipinski definition) is 2. The van der Waals surface area contributed by atoms with E-state index in [0.717, 1.165) is 37.5 Å². The zero-order chi connectivity index (χ0) is 20.4. The second kappa shape index (κ2) is 11.2. The molecule has 0 saturated heterocycles. The van der Waals surface area contributed by atoms with Crippen LogP contribution in [0.4, 0.5) is 0 Å². The van der Waals surface area contributed by atoms with E-state index in [0.29, 0.717) is 30.6 Å². The summed E-state index contributed by atoms with van der Waals surface area (Å²) in [5.74, 6) is -0.647. The molecule has 0 aromatic carbocycles. The lowest BCUT2D eigenvalue weighted by Crippen LogP contribution is -2.25. The lowest BCUT2D eigenvalue weighted by Gasteiger charge is -2.20. The number of aromatic nitrogens is 1. The minimum Gasteiger partial charge on any atom is -0.478 e. The van der Waals surface area contributed by atoms with Crippen molar-refractivity contribution in [3.8, 4) is 5.95 Å². The minimum atomic E-state index is -1.26. The highest BCUT2D eigenvalue weighted by molar-refractivity contribution is 5.89. The van der Waals surface area contributed by atoms with E-state index in [1.165, 1.54) is 5.57 Å². The molecule has 0 fully saturated rings. The molecule has 1 aliphatic rings. The summed E-state index contributed by atoms with van der Waals surface area (Å²) in [6.45, 7) is 8.93. The summed E-state index contributed by atoms with van der Waals surface area (Å²) in [6, 6.07) is 0. The van der Waals surface area contributed by atoms with Crippen LogP contribution in [0, 0.1) is 5.92 Å². The summed E-state index contributed by atoms with van der Waals surface area (Å²) in [5.41, 5.74) is 2.12. The van der Waals surface area contributed by atoms with E-state index >= 15 is 0 Å². The Bertz CT molecular complexity index is 674. The van der Waals surface area contributed by atoms with E-state index in [4.69, 9.17) is 19.4 Å². The van der Waals surface area contributed by atoms with E-state index in [9.17, 15) is 9.59 Å². The van der Waals surface area contributed by atoms with Crippen molar-refractivity contribution in [3.05, 3.63) is 29.8 Å². The average Bonchev–Trinajstić information content (AvgIpc) is 2.96. The van der Waals surface area contributed by atoms with Crippen molar-refractivity contribution in [2.24, 2.45) is 5.92 Å². The van der Waals surface area contributed by atoms with Gasteiger partial charge in [-0.25, -0.2) is 14.6 Å². The van der Waals surface area contributed by atoms with E-state index in [1.54, 1.807) is 0 Å². The van der Waals surface area contributed by atoms with Crippen LogP contribution >= 0.6 is 0 Å². The minimum absolute atomic E-state index is 0.542. The fourth-order valence-electron chi connectivity index (χ4n) is 2.43. The van der Waals surface area contributed by atoms with Crippen LogP contribution in [0.15, 0.2) is 22.6 Å². The van der Waals surface area contributed by atoms with Gasteiger partial charge in [0.15, 0.2) is 0 Å². The average molecular weight is 380 g/mol. The van der Waals surface area contributed by atoms with Crippen molar-refractivity contribution in [2.75, 3.05) is 26.7 Å². The van der Waals surface area contributed by atoms with Gasteiger partial charge in [-0.05, 0) is 32.7 Å². The molecule has 0 amide bonds. The van der Waals surface area contributed by atoms with Crippen molar-refractivity contribution in [3.63, 3.8) is 0 Å². The third kappa shape index (κ3) is 8.54. The van der Waals surface area contributed by atoms with Gasteiger partial charge >= 0.3 is 17.9 Å². The van der Waals surface area contributed by atoms with Crippen molar-refractivity contribution < 1.29 is 29.0 Å². The van der Waals surface area contributed by atoms with Crippen LogP contribution < -0.4 is 4.74 Å². The number of rotatable bonds is 7. The molecule has 0 spiro atoms. The monoisotopic (exact) mass is 380 g/mol. The molecular weight excluding hydrogens is 352 g/mol. The first-order valence-electron chi connectivity index (χ1n) is 8.87. The van der Waals surface area contributed by atoms with Crippen molar-refractivity contribution in [1.29, 1.82) is 0 Å². The molecule has 2 heterocycles. The summed E-state index contributed by atoms with van der Waals surface area (Å²) < 4.78 is 11.4. The van der Waals surface area contributed by atoms with E-state index in [2.05, 4.69) is 36.9 Å². The van der Waals surface area contributed by atoms with Gasteiger partial charge in [-0.2, -0.15) is 0 Å². The molecule has 1 aromatic heterocycles. The Balaban J connectivity index is 0.000000387. The summed E-state index contributed by atoms with van der Waals surface area (Å²) in [7, 11) is 2.12. The van der Waals surface area contributed by atoms with Gasteiger partial charge in [0.2, 0.25) is 5.89 Å². The molecule has 0 bridgehead atoms. The summed E-state index contributed by atoms with van der Waals surface area (Å²) in [5, 5.41) is 15.6. The highest BCUT2D eigenvalue weighted by atomic mass is 16.6. The smallest absolute Gasteiger partial charge is 0.328 e. The van der Waals surface area contributed by atoms with Gasteiger partial charge in [0.05, 0.1) is 6.61 Å². The zero-order valence-electron chi connectivity index (χ0n) is 16.3. The number of carbonyl (C=O) groups is 2. The molecule has 8 heteroatoms. The molecule has 2 rings (SSSR count). The number of oxazole rings is 1. The predicted molar refractivity (Wildman–Crippen MR) is 101 cm³/mol. The van der Waals surface area contributed by atoms with Gasteiger partial charge in [-0.15, -0.1) is 0 Å². The zero-order valence-corrected chi connectivity index (χ0v) is 16.3. The highest BCUT2D eigenvalue weighted by Crippen LogP contribution is 2.28. The lowest BCUT2D eigenvalue weighted by atomic mass is 10.1. The number of nitrogens with zero attached hydrogens (tertiary/aromatic N) is 2. The molecule has 8 nitrogen and oxygen atoms in total. The van der Waals surface area contributed by atoms with Crippen LogP contribution in [0.5, 0.6) is 5.95 Å². The molecule has 0 radical (unpaired) electrons. The maximum Gasteiger partial charge on any atom is 0.328 e. The Morgan fingerprint density at radius 1 is 1.33 bits per heavy atom. The van der Waals surface area contributed by atoms with Crippen molar-refractivity contribution >= 4 is 17.5 Å². The quantitative estimate of drug-likeness (QED) is 0.694. The first-order chi connectivity index (χ1) is 12.7. The topological polar surface area (TPSA) is 113 Å². The first kappa shape index (κ1) is 22.4. The SMILES string of the molecule is CCOc1oc(C2=CCCN(C)C2)nc1CC(C)C.O=C(O)/C=C\C(=O)O.